The highest BCUT2D eigenvalue weighted by atomic mass is 19.1. The Morgan fingerprint density at radius 2 is 1.62 bits per heavy atom. The van der Waals surface area contributed by atoms with Gasteiger partial charge in [0.2, 0.25) is 0 Å². The first-order chi connectivity index (χ1) is 10.1. The Morgan fingerprint density at radius 3 is 2.29 bits per heavy atom. The van der Waals surface area contributed by atoms with Crippen molar-refractivity contribution < 1.29 is 14.0 Å². The van der Waals surface area contributed by atoms with Gasteiger partial charge in [-0.25, -0.2) is 9.18 Å². The molecule has 1 aliphatic heterocycles. The molecule has 0 aromatic rings. The quantitative estimate of drug-likeness (QED) is 0.865. The molecule has 3 amide bonds. The minimum Gasteiger partial charge on any atom is -0.351 e. The normalized spacial score (nSPS) is 22.7. The molecular weight excluding hydrogens is 273 g/mol. The van der Waals surface area contributed by atoms with Gasteiger partial charge in [0.05, 0.1) is 0 Å². The number of nitrogens with zero attached hydrogens (tertiary/aromatic N) is 2. The van der Waals surface area contributed by atoms with Gasteiger partial charge >= 0.3 is 6.03 Å². The molecule has 120 valence electrons. The Hall–Kier alpha value is -1.33. The molecule has 2 N–H and O–H groups in total. The third kappa shape index (κ3) is 4.58. The van der Waals surface area contributed by atoms with E-state index < -0.39 is 18.1 Å². The summed E-state index contributed by atoms with van der Waals surface area (Å²) in [4.78, 5) is 26.4. The van der Waals surface area contributed by atoms with Gasteiger partial charge in [-0.2, -0.15) is 0 Å². The van der Waals surface area contributed by atoms with E-state index in [2.05, 4.69) is 0 Å². The average molecular weight is 299 g/mol. The molecule has 0 radical (unpaired) electrons. The summed E-state index contributed by atoms with van der Waals surface area (Å²) < 4.78 is 14.3. The number of nitrogens with two attached hydrogens (primary N) is 1. The minimum atomic E-state index is -1.40. The summed E-state index contributed by atoms with van der Waals surface area (Å²) in [5.41, 5.74) is 5.25. The Kier molecular flexibility index (Phi) is 5.82. The molecule has 1 atom stereocenters. The summed E-state index contributed by atoms with van der Waals surface area (Å²) in [6.45, 7) is 1.83. The first-order valence-electron chi connectivity index (χ1n) is 8.05. The van der Waals surface area contributed by atoms with Crippen LogP contribution in [0.3, 0.4) is 0 Å². The highest BCUT2D eigenvalue weighted by molar-refractivity contribution is 5.81. The van der Waals surface area contributed by atoms with Crippen molar-refractivity contribution in [2.75, 3.05) is 26.2 Å². The molecular formula is C15H26FN3O2. The Balaban J connectivity index is 1.82. The van der Waals surface area contributed by atoms with Gasteiger partial charge in [-0.05, 0) is 18.8 Å². The minimum absolute atomic E-state index is 0.354. The molecule has 1 saturated carbocycles. The lowest BCUT2D eigenvalue weighted by Gasteiger charge is -2.26. The molecule has 0 unspecified atom stereocenters. The second-order valence-corrected chi connectivity index (χ2v) is 6.21. The van der Waals surface area contributed by atoms with Crippen molar-refractivity contribution in [3.05, 3.63) is 0 Å². The molecule has 2 aliphatic rings. The summed E-state index contributed by atoms with van der Waals surface area (Å²) in [5, 5.41) is 0. The van der Waals surface area contributed by atoms with E-state index in [1.165, 1.54) is 11.3 Å². The zero-order valence-corrected chi connectivity index (χ0v) is 12.6. The molecule has 5 nitrogen and oxygen atoms in total. The number of hydrogen-bond acceptors (Lipinski definition) is 2. The predicted molar refractivity (Wildman–Crippen MR) is 78.4 cm³/mol. The second kappa shape index (κ2) is 7.61. The van der Waals surface area contributed by atoms with Crippen LogP contribution in [0.5, 0.6) is 0 Å². The number of halogens is 1. The highest BCUT2D eigenvalue weighted by Gasteiger charge is 2.29. The number of carbonyl (C=O) groups is 2. The van der Waals surface area contributed by atoms with Crippen LogP contribution < -0.4 is 5.73 Å². The van der Waals surface area contributed by atoms with Gasteiger partial charge in [0.25, 0.3) is 5.91 Å². The zero-order chi connectivity index (χ0) is 15.2. The lowest BCUT2D eigenvalue weighted by molar-refractivity contribution is -0.137. The van der Waals surface area contributed by atoms with Crippen LogP contribution in [0.25, 0.3) is 0 Å². The van der Waals surface area contributed by atoms with E-state index in [1.807, 2.05) is 0 Å². The first kappa shape index (κ1) is 16.0. The fraction of sp³-hybridized carbons (Fsp3) is 0.867. The van der Waals surface area contributed by atoms with Crippen LogP contribution in [0.2, 0.25) is 0 Å². The van der Waals surface area contributed by atoms with Crippen LogP contribution in [0.15, 0.2) is 0 Å². The monoisotopic (exact) mass is 299 g/mol. The van der Waals surface area contributed by atoms with Gasteiger partial charge in [-0.15, -0.1) is 0 Å². The Bertz CT molecular complexity index is 372. The van der Waals surface area contributed by atoms with Crippen LogP contribution in [-0.2, 0) is 4.79 Å². The fourth-order valence-electron chi connectivity index (χ4n) is 3.37. The first-order valence-corrected chi connectivity index (χ1v) is 8.05. The molecule has 2 rings (SSSR count). The molecule has 6 heteroatoms. The van der Waals surface area contributed by atoms with E-state index in [-0.39, 0.29) is 0 Å². The Labute approximate surface area is 125 Å². The lowest BCUT2D eigenvalue weighted by Crippen LogP contribution is -2.42. The summed E-state index contributed by atoms with van der Waals surface area (Å²) >= 11 is 0. The topological polar surface area (TPSA) is 66.6 Å². The van der Waals surface area contributed by atoms with Gasteiger partial charge in [0.1, 0.15) is 0 Å². The SMILES string of the molecule is NC(=O)N1CCCN(C(=O)[C@H](F)CC2CCCCC2)CC1. The number of amides is 3. The third-order valence-corrected chi connectivity index (χ3v) is 4.65. The van der Waals surface area contributed by atoms with E-state index in [4.69, 9.17) is 5.73 Å². The third-order valence-electron chi connectivity index (χ3n) is 4.65. The van der Waals surface area contributed by atoms with Crippen LogP contribution in [0.4, 0.5) is 9.18 Å². The predicted octanol–water partition coefficient (Wildman–Crippen LogP) is 1.91. The highest BCUT2D eigenvalue weighted by Crippen LogP contribution is 2.28. The number of carbonyl (C=O) groups excluding carboxylic acids is 2. The van der Waals surface area contributed by atoms with Crippen molar-refractivity contribution in [1.29, 1.82) is 0 Å². The van der Waals surface area contributed by atoms with Crippen LogP contribution >= 0.6 is 0 Å². The molecule has 1 saturated heterocycles. The van der Waals surface area contributed by atoms with E-state index in [0.717, 1.165) is 25.7 Å². The average Bonchev–Trinajstić information content (AvgIpc) is 2.73. The molecule has 0 aromatic carbocycles. The number of rotatable bonds is 3. The Morgan fingerprint density at radius 1 is 1.00 bits per heavy atom. The molecule has 0 spiro atoms. The van der Waals surface area contributed by atoms with E-state index in [0.29, 0.717) is 44.9 Å². The maximum atomic E-state index is 14.3. The van der Waals surface area contributed by atoms with Crippen LogP contribution in [0, 0.1) is 5.92 Å². The maximum Gasteiger partial charge on any atom is 0.314 e. The molecule has 1 heterocycles. The summed E-state index contributed by atoms with van der Waals surface area (Å²) in [6, 6.07) is -0.469. The van der Waals surface area contributed by atoms with E-state index in [1.54, 1.807) is 4.90 Å². The van der Waals surface area contributed by atoms with Crippen molar-refractivity contribution in [2.45, 2.75) is 51.1 Å². The van der Waals surface area contributed by atoms with Crippen LogP contribution in [0.1, 0.15) is 44.9 Å². The van der Waals surface area contributed by atoms with Gasteiger partial charge < -0.3 is 15.5 Å². The standard InChI is InChI=1S/C15H26FN3O2/c16-13(11-12-5-2-1-3-6-12)14(20)18-7-4-8-19(10-9-18)15(17)21/h12-13H,1-11H2,(H2,17,21)/t13-/m1/s1. The second-order valence-electron chi connectivity index (χ2n) is 6.21. The number of urea groups is 1. The smallest absolute Gasteiger partial charge is 0.314 e. The number of alkyl halides is 1. The fourth-order valence-corrected chi connectivity index (χ4v) is 3.37. The largest absolute Gasteiger partial charge is 0.351 e. The van der Waals surface area contributed by atoms with Crippen molar-refractivity contribution in [3.8, 4) is 0 Å². The molecule has 2 fully saturated rings. The van der Waals surface area contributed by atoms with Crippen molar-refractivity contribution in [2.24, 2.45) is 11.7 Å². The van der Waals surface area contributed by atoms with Gasteiger partial charge in [0, 0.05) is 26.2 Å². The van der Waals surface area contributed by atoms with Crippen LogP contribution in [-0.4, -0.2) is 54.1 Å². The molecule has 21 heavy (non-hydrogen) atoms. The van der Waals surface area contributed by atoms with E-state index >= 15 is 0 Å². The van der Waals surface area contributed by atoms with Gasteiger partial charge in [-0.1, -0.05) is 32.1 Å². The lowest BCUT2D eigenvalue weighted by atomic mass is 9.85. The van der Waals surface area contributed by atoms with E-state index in [9.17, 15) is 14.0 Å². The summed E-state index contributed by atoms with van der Waals surface area (Å²) in [5.74, 6) is -0.0568. The van der Waals surface area contributed by atoms with Crippen molar-refractivity contribution >= 4 is 11.9 Å². The van der Waals surface area contributed by atoms with Gasteiger partial charge in [0.15, 0.2) is 6.17 Å². The number of hydrogen-bond donors (Lipinski definition) is 1. The molecule has 1 aliphatic carbocycles. The molecule has 0 aromatic heterocycles. The number of primary amides is 1. The summed E-state index contributed by atoms with van der Waals surface area (Å²) in [7, 11) is 0. The maximum absolute atomic E-state index is 14.3. The molecule has 0 bridgehead atoms. The zero-order valence-electron chi connectivity index (χ0n) is 12.6. The van der Waals surface area contributed by atoms with Gasteiger partial charge in [-0.3, -0.25) is 4.79 Å². The van der Waals surface area contributed by atoms with Crippen molar-refractivity contribution in [1.82, 2.24) is 9.80 Å². The summed E-state index contributed by atoms with van der Waals surface area (Å²) in [6.07, 6.45) is 5.25. The van der Waals surface area contributed by atoms with Crippen molar-refractivity contribution in [3.63, 3.8) is 0 Å².